The van der Waals surface area contributed by atoms with Gasteiger partial charge in [0.1, 0.15) is 0 Å². The topological polar surface area (TPSA) is 3.24 Å². The maximum Gasteiger partial charge on any atom is 0.00611 e. The van der Waals surface area contributed by atoms with Gasteiger partial charge in [0, 0.05) is 6.04 Å². The lowest BCUT2D eigenvalue weighted by Gasteiger charge is -2.20. The lowest BCUT2D eigenvalue weighted by Crippen LogP contribution is -2.24. The summed E-state index contributed by atoms with van der Waals surface area (Å²) in [4.78, 5) is 2.30. The van der Waals surface area contributed by atoms with E-state index in [0.29, 0.717) is 10.9 Å². The van der Waals surface area contributed by atoms with Crippen molar-refractivity contribution >= 4 is 10.9 Å². The van der Waals surface area contributed by atoms with Crippen molar-refractivity contribution in [3.05, 3.63) is 0 Å². The van der Waals surface area contributed by atoms with E-state index in [1.54, 1.807) is 0 Å². The van der Waals surface area contributed by atoms with Crippen LogP contribution in [0.2, 0.25) is 0 Å². The van der Waals surface area contributed by atoms with Crippen LogP contribution >= 0.6 is 10.9 Å². The fraction of sp³-hybridized carbons (Fsp3) is 1.00. The molecule has 0 aromatic rings. The fourth-order valence-electron chi connectivity index (χ4n) is 0.961. The zero-order chi connectivity index (χ0) is 8.85. The van der Waals surface area contributed by atoms with Gasteiger partial charge < -0.3 is 4.90 Å². The summed E-state index contributed by atoms with van der Waals surface area (Å²) in [5.41, 5.74) is 0. The Morgan fingerprint density at radius 3 is 2.18 bits per heavy atom. The van der Waals surface area contributed by atoms with Crippen LogP contribution in [0.25, 0.3) is 0 Å². The van der Waals surface area contributed by atoms with E-state index < -0.39 is 0 Å². The van der Waals surface area contributed by atoms with Gasteiger partial charge in [-0.25, -0.2) is 0 Å². The minimum absolute atomic E-state index is 0.331. The minimum Gasteiger partial charge on any atom is -0.307 e. The van der Waals surface area contributed by atoms with Gasteiger partial charge in [0.05, 0.1) is 0 Å². The second-order valence-electron chi connectivity index (χ2n) is 3.76. The van der Waals surface area contributed by atoms with Gasteiger partial charge in [0.15, 0.2) is 0 Å². The lowest BCUT2D eigenvalue weighted by atomic mass is 10.2. The van der Waals surface area contributed by atoms with E-state index in [4.69, 9.17) is 0 Å². The molecule has 11 heavy (non-hydrogen) atoms. The van der Waals surface area contributed by atoms with Gasteiger partial charge in [0.25, 0.3) is 0 Å². The van der Waals surface area contributed by atoms with Gasteiger partial charge in [-0.3, -0.25) is 10.9 Å². The normalized spacial score (nSPS) is 15.3. The van der Waals surface area contributed by atoms with Gasteiger partial charge in [0.2, 0.25) is 0 Å². The molecule has 0 aromatic heterocycles. The zero-order valence-corrected chi connectivity index (χ0v) is 9.49. The molecule has 70 valence electrons. The molecule has 0 saturated heterocycles. The third-order valence-electron chi connectivity index (χ3n) is 2.11. The molecule has 0 spiro atoms. The first-order valence-corrected chi connectivity index (χ1v) is 6.77. The van der Waals surface area contributed by atoms with Crippen molar-refractivity contribution in [3.8, 4) is 0 Å². The second-order valence-corrected chi connectivity index (χ2v) is 6.36. The summed E-state index contributed by atoms with van der Waals surface area (Å²) >= 11 is 0. The Kier molecular flexibility index (Phi) is 6.06. The van der Waals surface area contributed by atoms with Gasteiger partial charge in [-0.2, -0.15) is 0 Å². The average molecular weight is 177 g/mol. The highest BCUT2D eigenvalue weighted by Gasteiger charge is 2.02. The molecule has 0 aliphatic carbocycles. The minimum atomic E-state index is 0.331. The summed E-state index contributed by atoms with van der Waals surface area (Å²) in [5.74, 6) is 1.44. The van der Waals surface area contributed by atoms with Crippen LogP contribution in [-0.4, -0.2) is 43.3 Å². The van der Waals surface area contributed by atoms with Gasteiger partial charge in [-0.1, -0.05) is 0 Å². The van der Waals surface area contributed by atoms with Crippen molar-refractivity contribution in [1.82, 2.24) is 4.90 Å². The zero-order valence-electron chi connectivity index (χ0n) is 8.59. The summed E-state index contributed by atoms with van der Waals surface area (Å²) in [6.07, 6.45) is 7.47. The van der Waals surface area contributed by atoms with Crippen LogP contribution in [0.4, 0.5) is 0 Å². The van der Waals surface area contributed by atoms with E-state index in [-0.39, 0.29) is 0 Å². The van der Waals surface area contributed by atoms with E-state index in [1.165, 1.54) is 18.6 Å². The molecule has 0 unspecified atom stereocenters. The Balaban J connectivity index is 3.24. The number of nitrogens with zero attached hydrogens (tertiary/aromatic N) is 1. The van der Waals surface area contributed by atoms with Crippen LogP contribution in [0.1, 0.15) is 19.8 Å². The lowest BCUT2D eigenvalue weighted by molar-refractivity contribution is 0.297. The number of thiol groups is 1. The molecule has 0 fully saturated rings. The largest absolute Gasteiger partial charge is 0.307 e. The van der Waals surface area contributed by atoms with Gasteiger partial charge in [-0.05, 0) is 52.1 Å². The molecule has 0 N–H and O–H groups in total. The highest BCUT2D eigenvalue weighted by Crippen LogP contribution is 2.16. The van der Waals surface area contributed by atoms with Crippen LogP contribution in [0.5, 0.6) is 0 Å². The molecular weight excluding hydrogens is 154 g/mol. The summed E-state index contributed by atoms with van der Waals surface area (Å²) in [6.45, 7) is 2.30. The molecular formula is C9H23NS. The maximum absolute atomic E-state index is 2.36. The molecule has 1 atom stereocenters. The monoisotopic (exact) mass is 177 g/mol. The van der Waals surface area contributed by atoms with Crippen molar-refractivity contribution in [2.75, 3.05) is 32.4 Å². The molecule has 0 rings (SSSR count). The van der Waals surface area contributed by atoms with Crippen LogP contribution < -0.4 is 0 Å². The van der Waals surface area contributed by atoms with E-state index in [1.807, 2.05) is 0 Å². The summed E-state index contributed by atoms with van der Waals surface area (Å²) in [7, 11) is 4.65. The van der Waals surface area contributed by atoms with Gasteiger partial charge >= 0.3 is 0 Å². The van der Waals surface area contributed by atoms with Gasteiger partial charge in [-0.15, -0.1) is 0 Å². The summed E-state index contributed by atoms with van der Waals surface area (Å²) in [6, 6.07) is 0.755. The van der Waals surface area contributed by atoms with Crippen LogP contribution in [0.15, 0.2) is 0 Å². The molecule has 2 heteroatoms. The SMILES string of the molecule is C[C@@H](CCC[SH](C)C)N(C)C. The standard InChI is InChI=1S/C9H23NS/c1-9(10(2)3)7-6-8-11(4)5/h9,11H,6-8H2,1-5H3/t9-/m0/s1. The van der Waals surface area contributed by atoms with Crippen molar-refractivity contribution in [1.29, 1.82) is 0 Å². The molecule has 0 aromatic carbocycles. The molecule has 1 nitrogen and oxygen atoms in total. The Hall–Kier alpha value is 0.310. The number of hydrogen-bond donors (Lipinski definition) is 1. The highest BCUT2D eigenvalue weighted by atomic mass is 32.2. The van der Waals surface area contributed by atoms with E-state index in [2.05, 4.69) is 38.4 Å². The first-order chi connectivity index (χ1) is 5.04. The predicted molar refractivity (Wildman–Crippen MR) is 58.1 cm³/mol. The van der Waals surface area contributed by atoms with Crippen molar-refractivity contribution in [2.24, 2.45) is 0 Å². The van der Waals surface area contributed by atoms with Crippen LogP contribution in [0, 0.1) is 0 Å². The average Bonchev–Trinajstić information content (AvgIpc) is 1.86. The Morgan fingerprint density at radius 1 is 1.27 bits per heavy atom. The molecule has 0 aliphatic rings. The van der Waals surface area contributed by atoms with E-state index in [9.17, 15) is 0 Å². The molecule has 0 bridgehead atoms. The summed E-state index contributed by atoms with van der Waals surface area (Å²) < 4.78 is 0. The molecule has 0 aliphatic heterocycles. The number of rotatable bonds is 5. The fourth-order valence-corrected chi connectivity index (χ4v) is 1.78. The molecule has 0 saturated carbocycles. The van der Waals surface area contributed by atoms with E-state index >= 15 is 0 Å². The second kappa shape index (κ2) is 5.90. The van der Waals surface area contributed by atoms with E-state index in [0.717, 1.165) is 6.04 Å². The maximum atomic E-state index is 2.36. The van der Waals surface area contributed by atoms with Crippen molar-refractivity contribution < 1.29 is 0 Å². The third kappa shape index (κ3) is 6.70. The Labute approximate surface area is 74.5 Å². The first kappa shape index (κ1) is 11.3. The molecule has 0 radical (unpaired) electrons. The molecule has 0 heterocycles. The van der Waals surface area contributed by atoms with Crippen molar-refractivity contribution in [3.63, 3.8) is 0 Å². The third-order valence-corrected chi connectivity index (χ3v) is 3.32. The highest BCUT2D eigenvalue weighted by molar-refractivity contribution is 8.15. The Morgan fingerprint density at radius 2 is 1.82 bits per heavy atom. The summed E-state index contributed by atoms with van der Waals surface area (Å²) in [5, 5.41) is 0. The van der Waals surface area contributed by atoms with Crippen LogP contribution in [0.3, 0.4) is 0 Å². The van der Waals surface area contributed by atoms with Crippen molar-refractivity contribution in [2.45, 2.75) is 25.8 Å². The molecule has 0 amide bonds. The first-order valence-electron chi connectivity index (χ1n) is 4.35. The smallest absolute Gasteiger partial charge is 0.00611 e. The number of hydrogen-bond acceptors (Lipinski definition) is 1. The Bertz CT molecular complexity index is 91.6. The predicted octanol–water partition coefficient (Wildman–Crippen LogP) is 1.98. The quantitative estimate of drug-likeness (QED) is 0.629. The van der Waals surface area contributed by atoms with Crippen LogP contribution in [-0.2, 0) is 0 Å².